The molecule has 4 nitrogen and oxygen atoms in total. The van der Waals surface area contributed by atoms with Gasteiger partial charge in [-0.05, 0) is 30.7 Å². The third-order valence-corrected chi connectivity index (χ3v) is 4.69. The highest BCUT2D eigenvalue weighted by Gasteiger charge is 2.18. The van der Waals surface area contributed by atoms with E-state index >= 15 is 0 Å². The number of para-hydroxylation sites is 1. The Morgan fingerprint density at radius 3 is 3.05 bits per heavy atom. The third kappa shape index (κ3) is 2.72. The summed E-state index contributed by atoms with van der Waals surface area (Å²) < 4.78 is 0. The molecular formula is C15H17N3OS. The smallest absolute Gasteiger partial charge is 0.270 e. The maximum Gasteiger partial charge on any atom is 0.270 e. The summed E-state index contributed by atoms with van der Waals surface area (Å²) in [7, 11) is 0. The predicted octanol–water partition coefficient (Wildman–Crippen LogP) is 2.44. The normalized spacial score (nSPS) is 18.9. The number of anilines is 1. The quantitative estimate of drug-likeness (QED) is 0.890. The van der Waals surface area contributed by atoms with Crippen LogP contribution < -0.4 is 11.1 Å². The second kappa shape index (κ2) is 5.71. The molecule has 104 valence electrons. The van der Waals surface area contributed by atoms with Crippen LogP contribution in [0.25, 0.3) is 10.9 Å². The van der Waals surface area contributed by atoms with Crippen molar-refractivity contribution < 1.29 is 4.79 Å². The van der Waals surface area contributed by atoms with Gasteiger partial charge in [0.2, 0.25) is 0 Å². The molecule has 3 rings (SSSR count). The fourth-order valence-corrected chi connectivity index (χ4v) is 3.50. The van der Waals surface area contributed by atoms with Crippen molar-refractivity contribution in [3.63, 3.8) is 0 Å². The maximum atomic E-state index is 12.3. The van der Waals surface area contributed by atoms with E-state index in [0.717, 1.165) is 29.5 Å². The van der Waals surface area contributed by atoms with Gasteiger partial charge in [-0.15, -0.1) is 0 Å². The van der Waals surface area contributed by atoms with E-state index in [9.17, 15) is 4.79 Å². The van der Waals surface area contributed by atoms with Crippen molar-refractivity contribution in [1.29, 1.82) is 0 Å². The number of thioether (sulfide) groups is 1. The molecule has 1 aromatic carbocycles. The maximum absolute atomic E-state index is 12.3. The highest BCUT2D eigenvalue weighted by molar-refractivity contribution is 7.99. The molecular weight excluding hydrogens is 270 g/mol. The molecule has 0 radical (unpaired) electrons. The van der Waals surface area contributed by atoms with Crippen molar-refractivity contribution in [1.82, 2.24) is 10.3 Å². The second-order valence-electron chi connectivity index (χ2n) is 5.00. The van der Waals surface area contributed by atoms with Crippen molar-refractivity contribution in [2.24, 2.45) is 0 Å². The van der Waals surface area contributed by atoms with Crippen LogP contribution in [0.3, 0.4) is 0 Å². The molecule has 3 N–H and O–H groups in total. The minimum absolute atomic E-state index is 0.130. The number of amides is 1. The van der Waals surface area contributed by atoms with E-state index in [1.54, 1.807) is 6.07 Å². The van der Waals surface area contributed by atoms with Crippen LogP contribution in [0.5, 0.6) is 0 Å². The lowest BCUT2D eigenvalue weighted by atomic mass is 10.1. The fraction of sp³-hybridized carbons (Fsp3) is 0.333. The molecule has 1 atom stereocenters. The molecule has 20 heavy (non-hydrogen) atoms. The molecule has 1 amide bonds. The summed E-state index contributed by atoms with van der Waals surface area (Å²) in [5.74, 6) is 2.04. The standard InChI is InChI=1S/C15H17N3OS/c16-12-8-14(18-13-6-2-1-5-11(12)13)15(19)17-10-4-3-7-20-9-10/h1-2,5-6,8,10H,3-4,7,9H2,(H2,16,18)(H,17,19). The Kier molecular flexibility index (Phi) is 3.78. The second-order valence-corrected chi connectivity index (χ2v) is 6.15. The zero-order valence-corrected chi connectivity index (χ0v) is 12.0. The summed E-state index contributed by atoms with van der Waals surface area (Å²) in [6.07, 6.45) is 2.20. The summed E-state index contributed by atoms with van der Waals surface area (Å²) in [6.45, 7) is 0. The summed E-state index contributed by atoms with van der Waals surface area (Å²) in [5, 5.41) is 3.94. The highest BCUT2D eigenvalue weighted by atomic mass is 32.2. The monoisotopic (exact) mass is 287 g/mol. The Bertz CT molecular complexity index is 638. The van der Waals surface area contributed by atoms with Crippen molar-refractivity contribution in [2.75, 3.05) is 17.2 Å². The topological polar surface area (TPSA) is 68.0 Å². The predicted molar refractivity (Wildman–Crippen MR) is 84.0 cm³/mol. The number of nitrogen functional groups attached to an aromatic ring is 1. The first kappa shape index (κ1) is 13.2. The van der Waals surface area contributed by atoms with Gasteiger partial charge in [0.25, 0.3) is 5.91 Å². The van der Waals surface area contributed by atoms with Crippen LogP contribution in [0, 0.1) is 0 Å². The number of aromatic nitrogens is 1. The van der Waals surface area contributed by atoms with Gasteiger partial charge in [0, 0.05) is 22.9 Å². The Hall–Kier alpha value is -1.75. The number of nitrogens with one attached hydrogen (secondary N) is 1. The Morgan fingerprint density at radius 2 is 2.25 bits per heavy atom. The van der Waals surface area contributed by atoms with Crippen molar-refractivity contribution in [3.05, 3.63) is 36.0 Å². The molecule has 1 fully saturated rings. The first-order chi connectivity index (χ1) is 9.74. The number of rotatable bonds is 2. The van der Waals surface area contributed by atoms with Gasteiger partial charge >= 0.3 is 0 Å². The van der Waals surface area contributed by atoms with Gasteiger partial charge in [-0.3, -0.25) is 4.79 Å². The summed E-state index contributed by atoms with van der Waals surface area (Å²) >= 11 is 1.89. The van der Waals surface area contributed by atoms with Crippen molar-refractivity contribution >= 4 is 34.3 Å². The third-order valence-electron chi connectivity index (χ3n) is 3.48. The summed E-state index contributed by atoms with van der Waals surface area (Å²) in [5.41, 5.74) is 7.76. The lowest BCUT2D eigenvalue weighted by Crippen LogP contribution is -2.38. The van der Waals surface area contributed by atoms with Gasteiger partial charge < -0.3 is 11.1 Å². The van der Waals surface area contributed by atoms with Crippen LogP contribution in [-0.4, -0.2) is 28.4 Å². The largest absolute Gasteiger partial charge is 0.398 e. The van der Waals surface area contributed by atoms with Crippen molar-refractivity contribution in [3.8, 4) is 0 Å². The molecule has 1 aliphatic heterocycles. The fourth-order valence-electron chi connectivity index (χ4n) is 2.43. The number of pyridine rings is 1. The molecule has 0 spiro atoms. The molecule has 2 aromatic rings. The summed E-state index contributed by atoms with van der Waals surface area (Å²) in [4.78, 5) is 16.7. The van der Waals surface area contributed by atoms with Crippen LogP contribution >= 0.6 is 11.8 Å². The van der Waals surface area contributed by atoms with Gasteiger partial charge in [0.15, 0.2) is 0 Å². The van der Waals surface area contributed by atoms with Gasteiger partial charge in [-0.25, -0.2) is 4.98 Å². The van der Waals surface area contributed by atoms with Crippen LogP contribution in [-0.2, 0) is 0 Å². The first-order valence-electron chi connectivity index (χ1n) is 6.78. The Morgan fingerprint density at radius 1 is 1.40 bits per heavy atom. The van der Waals surface area contributed by atoms with E-state index in [2.05, 4.69) is 10.3 Å². The number of fused-ring (bicyclic) bond motifs is 1. The SMILES string of the molecule is Nc1cc(C(=O)NC2CCCSC2)nc2ccccc12. The van der Waals surface area contributed by atoms with E-state index < -0.39 is 0 Å². The van der Waals surface area contributed by atoms with E-state index in [1.807, 2.05) is 36.0 Å². The van der Waals surface area contributed by atoms with Gasteiger partial charge in [0.1, 0.15) is 5.69 Å². The summed E-state index contributed by atoms with van der Waals surface area (Å²) in [6, 6.07) is 9.51. The Balaban J connectivity index is 1.84. The molecule has 1 aromatic heterocycles. The number of hydrogen-bond donors (Lipinski definition) is 2. The minimum atomic E-state index is -0.130. The average molecular weight is 287 g/mol. The molecule has 1 aliphatic rings. The Labute approximate surface area is 122 Å². The molecule has 2 heterocycles. The average Bonchev–Trinajstić information content (AvgIpc) is 2.48. The van der Waals surface area contributed by atoms with Crippen molar-refractivity contribution in [2.45, 2.75) is 18.9 Å². The number of nitrogens with two attached hydrogens (primary N) is 1. The lowest BCUT2D eigenvalue weighted by Gasteiger charge is -2.22. The van der Waals surface area contributed by atoms with Gasteiger partial charge in [0.05, 0.1) is 5.52 Å². The molecule has 1 unspecified atom stereocenters. The number of benzene rings is 1. The zero-order valence-electron chi connectivity index (χ0n) is 11.1. The van der Waals surface area contributed by atoms with Crippen LogP contribution in [0.4, 0.5) is 5.69 Å². The molecule has 0 bridgehead atoms. The van der Waals surface area contributed by atoms with E-state index in [0.29, 0.717) is 11.4 Å². The number of carbonyl (C=O) groups excluding carboxylic acids is 1. The zero-order chi connectivity index (χ0) is 13.9. The van der Waals surface area contributed by atoms with E-state index in [1.165, 1.54) is 5.75 Å². The number of carbonyl (C=O) groups is 1. The van der Waals surface area contributed by atoms with E-state index in [-0.39, 0.29) is 11.9 Å². The first-order valence-corrected chi connectivity index (χ1v) is 7.93. The van der Waals surface area contributed by atoms with Crippen LogP contribution in [0.1, 0.15) is 23.3 Å². The van der Waals surface area contributed by atoms with Gasteiger partial charge in [-0.1, -0.05) is 18.2 Å². The highest BCUT2D eigenvalue weighted by Crippen LogP contribution is 2.21. The van der Waals surface area contributed by atoms with E-state index in [4.69, 9.17) is 5.73 Å². The molecule has 0 aliphatic carbocycles. The van der Waals surface area contributed by atoms with Gasteiger partial charge in [-0.2, -0.15) is 11.8 Å². The minimum Gasteiger partial charge on any atom is -0.398 e. The number of nitrogens with zero attached hydrogens (tertiary/aromatic N) is 1. The molecule has 5 heteroatoms. The van der Waals surface area contributed by atoms with Crippen LogP contribution in [0.2, 0.25) is 0 Å². The van der Waals surface area contributed by atoms with Crippen LogP contribution in [0.15, 0.2) is 30.3 Å². The lowest BCUT2D eigenvalue weighted by molar-refractivity contribution is 0.0934. The number of hydrogen-bond acceptors (Lipinski definition) is 4. The molecule has 0 saturated carbocycles. The molecule has 1 saturated heterocycles.